The number of carbonyl (C=O) groups is 1. The van der Waals surface area contributed by atoms with Crippen molar-refractivity contribution in [1.29, 1.82) is 0 Å². The first-order valence-corrected chi connectivity index (χ1v) is 5.30. The third-order valence-corrected chi connectivity index (χ3v) is 2.28. The first-order chi connectivity index (χ1) is 8.95. The molecule has 0 spiro atoms. The summed E-state index contributed by atoms with van der Waals surface area (Å²) in [6.07, 6.45) is 0. The van der Waals surface area contributed by atoms with Crippen LogP contribution in [-0.2, 0) is 0 Å². The van der Waals surface area contributed by atoms with Crippen LogP contribution >= 0.6 is 0 Å². The monoisotopic (exact) mass is 265 g/mol. The average Bonchev–Trinajstić information content (AvgIpc) is 2.26. The SMILES string of the molecule is Cc1ccc(C(=O)O)c(Oc2cc(F)cc(F)c2)n1. The number of nitrogens with zero attached hydrogens (tertiary/aromatic N) is 1. The van der Waals surface area contributed by atoms with Crippen LogP contribution in [0.15, 0.2) is 30.3 Å². The molecule has 1 heterocycles. The van der Waals surface area contributed by atoms with Crippen LogP contribution in [0, 0.1) is 18.6 Å². The van der Waals surface area contributed by atoms with Crippen molar-refractivity contribution in [3.8, 4) is 11.6 Å². The van der Waals surface area contributed by atoms with Gasteiger partial charge in [0.05, 0.1) is 0 Å². The predicted molar refractivity (Wildman–Crippen MR) is 62.4 cm³/mol. The minimum atomic E-state index is -1.24. The zero-order chi connectivity index (χ0) is 14.0. The van der Waals surface area contributed by atoms with E-state index in [1.165, 1.54) is 12.1 Å². The van der Waals surface area contributed by atoms with Gasteiger partial charge in [0.2, 0.25) is 5.88 Å². The van der Waals surface area contributed by atoms with Gasteiger partial charge >= 0.3 is 5.97 Å². The van der Waals surface area contributed by atoms with Crippen LogP contribution in [0.3, 0.4) is 0 Å². The zero-order valence-corrected chi connectivity index (χ0v) is 9.85. The highest BCUT2D eigenvalue weighted by Crippen LogP contribution is 2.25. The Morgan fingerprint density at radius 3 is 2.42 bits per heavy atom. The van der Waals surface area contributed by atoms with Gasteiger partial charge in [-0.1, -0.05) is 0 Å². The number of rotatable bonds is 3. The van der Waals surface area contributed by atoms with Crippen LogP contribution in [0.25, 0.3) is 0 Å². The van der Waals surface area contributed by atoms with Gasteiger partial charge in [-0.15, -0.1) is 0 Å². The summed E-state index contributed by atoms with van der Waals surface area (Å²) in [6, 6.07) is 5.39. The molecule has 0 saturated heterocycles. The number of aromatic carboxylic acids is 1. The molecule has 0 aliphatic heterocycles. The Kier molecular flexibility index (Phi) is 3.41. The number of carboxylic acids is 1. The molecule has 2 aromatic rings. The molecule has 0 aliphatic carbocycles. The highest BCUT2D eigenvalue weighted by atomic mass is 19.1. The minimum Gasteiger partial charge on any atom is -0.477 e. The molecule has 98 valence electrons. The van der Waals surface area contributed by atoms with E-state index in [1.807, 2.05) is 0 Å². The maximum atomic E-state index is 13.0. The van der Waals surface area contributed by atoms with Crippen molar-refractivity contribution in [2.45, 2.75) is 6.92 Å². The van der Waals surface area contributed by atoms with Crippen LogP contribution in [-0.4, -0.2) is 16.1 Å². The Labute approximate surface area is 107 Å². The smallest absolute Gasteiger partial charge is 0.341 e. The average molecular weight is 265 g/mol. The normalized spacial score (nSPS) is 10.3. The third kappa shape index (κ3) is 3.04. The Balaban J connectivity index is 2.42. The molecule has 1 aromatic heterocycles. The molecule has 0 fully saturated rings. The summed E-state index contributed by atoms with van der Waals surface area (Å²) in [4.78, 5) is 14.9. The van der Waals surface area contributed by atoms with E-state index < -0.39 is 17.6 Å². The summed E-state index contributed by atoms with van der Waals surface area (Å²) in [5.74, 6) is -3.24. The summed E-state index contributed by atoms with van der Waals surface area (Å²) in [7, 11) is 0. The van der Waals surface area contributed by atoms with Crippen LogP contribution in [0.5, 0.6) is 11.6 Å². The molecule has 0 atom stereocenters. The van der Waals surface area contributed by atoms with E-state index in [4.69, 9.17) is 9.84 Å². The lowest BCUT2D eigenvalue weighted by Gasteiger charge is -2.08. The lowest BCUT2D eigenvalue weighted by Crippen LogP contribution is -2.03. The van der Waals surface area contributed by atoms with Crippen LogP contribution in [0.1, 0.15) is 16.1 Å². The number of hydrogen-bond acceptors (Lipinski definition) is 3. The van der Waals surface area contributed by atoms with Gasteiger partial charge < -0.3 is 9.84 Å². The minimum absolute atomic E-state index is 0.155. The summed E-state index contributed by atoms with van der Waals surface area (Å²) in [5.41, 5.74) is 0.340. The van der Waals surface area contributed by atoms with Gasteiger partial charge in [0.25, 0.3) is 0 Å². The fraction of sp³-hybridized carbons (Fsp3) is 0.0769. The molecule has 1 N–H and O–H groups in total. The number of pyridine rings is 1. The van der Waals surface area contributed by atoms with E-state index in [-0.39, 0.29) is 17.2 Å². The first kappa shape index (κ1) is 12.9. The van der Waals surface area contributed by atoms with E-state index in [0.29, 0.717) is 11.8 Å². The maximum absolute atomic E-state index is 13.0. The number of halogens is 2. The standard InChI is InChI=1S/C13H9F2NO3/c1-7-2-3-11(13(17)18)12(16-7)19-10-5-8(14)4-9(15)6-10/h2-6H,1H3,(H,17,18). The van der Waals surface area contributed by atoms with Crippen molar-refractivity contribution >= 4 is 5.97 Å². The van der Waals surface area contributed by atoms with Crippen molar-refractivity contribution in [2.75, 3.05) is 0 Å². The highest BCUT2D eigenvalue weighted by molar-refractivity contribution is 5.90. The molecule has 19 heavy (non-hydrogen) atoms. The van der Waals surface area contributed by atoms with Crippen molar-refractivity contribution in [3.63, 3.8) is 0 Å². The molecular weight excluding hydrogens is 256 g/mol. The highest BCUT2D eigenvalue weighted by Gasteiger charge is 2.14. The van der Waals surface area contributed by atoms with Crippen LogP contribution in [0.4, 0.5) is 8.78 Å². The fourth-order valence-corrected chi connectivity index (χ4v) is 1.47. The molecule has 0 bridgehead atoms. The maximum Gasteiger partial charge on any atom is 0.341 e. The summed E-state index contributed by atoms with van der Waals surface area (Å²) in [6.45, 7) is 1.64. The molecule has 0 unspecified atom stereocenters. The van der Waals surface area contributed by atoms with E-state index in [1.54, 1.807) is 6.92 Å². The largest absolute Gasteiger partial charge is 0.477 e. The first-order valence-electron chi connectivity index (χ1n) is 5.30. The number of hydrogen-bond donors (Lipinski definition) is 1. The summed E-state index contributed by atoms with van der Waals surface area (Å²) >= 11 is 0. The Morgan fingerprint density at radius 1 is 1.21 bits per heavy atom. The van der Waals surface area contributed by atoms with Gasteiger partial charge in [-0.25, -0.2) is 18.6 Å². The second-order valence-electron chi connectivity index (χ2n) is 3.82. The molecule has 1 aromatic carbocycles. The number of ether oxygens (including phenoxy) is 1. The molecule has 0 saturated carbocycles. The van der Waals surface area contributed by atoms with Gasteiger partial charge in [0, 0.05) is 23.9 Å². The molecule has 0 radical (unpaired) electrons. The molecule has 4 nitrogen and oxygen atoms in total. The van der Waals surface area contributed by atoms with Crippen LogP contribution < -0.4 is 4.74 Å². The van der Waals surface area contributed by atoms with Crippen molar-refractivity contribution in [3.05, 3.63) is 53.2 Å². The third-order valence-electron chi connectivity index (χ3n) is 2.28. The van der Waals surface area contributed by atoms with Gasteiger partial charge in [0.1, 0.15) is 22.9 Å². The Morgan fingerprint density at radius 2 is 1.84 bits per heavy atom. The lowest BCUT2D eigenvalue weighted by molar-refractivity contribution is 0.0693. The fourth-order valence-electron chi connectivity index (χ4n) is 1.47. The Hall–Kier alpha value is -2.50. The van der Waals surface area contributed by atoms with Gasteiger partial charge in [-0.05, 0) is 19.1 Å². The number of aromatic nitrogens is 1. The van der Waals surface area contributed by atoms with Gasteiger partial charge in [-0.3, -0.25) is 0 Å². The molecule has 0 aliphatic rings. The van der Waals surface area contributed by atoms with Crippen molar-refractivity contribution in [2.24, 2.45) is 0 Å². The summed E-state index contributed by atoms with van der Waals surface area (Å²) in [5, 5.41) is 8.98. The lowest BCUT2D eigenvalue weighted by atomic mass is 10.2. The predicted octanol–water partition coefficient (Wildman–Crippen LogP) is 3.16. The Bertz CT molecular complexity index is 624. The summed E-state index contributed by atoms with van der Waals surface area (Å²) < 4.78 is 31.2. The quantitative estimate of drug-likeness (QED) is 0.926. The molecular formula is C13H9F2NO3. The number of aryl methyl sites for hydroxylation is 1. The topological polar surface area (TPSA) is 59.4 Å². The van der Waals surface area contributed by atoms with Crippen LogP contribution in [0.2, 0.25) is 0 Å². The van der Waals surface area contributed by atoms with Gasteiger partial charge in [-0.2, -0.15) is 0 Å². The van der Waals surface area contributed by atoms with E-state index in [0.717, 1.165) is 12.1 Å². The van der Waals surface area contributed by atoms with E-state index in [2.05, 4.69) is 4.98 Å². The van der Waals surface area contributed by atoms with Crippen molar-refractivity contribution in [1.82, 2.24) is 4.98 Å². The second-order valence-corrected chi connectivity index (χ2v) is 3.82. The van der Waals surface area contributed by atoms with E-state index >= 15 is 0 Å². The molecule has 2 rings (SSSR count). The molecule has 6 heteroatoms. The van der Waals surface area contributed by atoms with Crippen molar-refractivity contribution < 1.29 is 23.4 Å². The number of carboxylic acid groups (broad SMARTS) is 1. The number of benzene rings is 1. The molecule has 0 amide bonds. The zero-order valence-electron chi connectivity index (χ0n) is 9.85. The van der Waals surface area contributed by atoms with Gasteiger partial charge in [0.15, 0.2) is 0 Å². The second kappa shape index (κ2) is 5.01. The van der Waals surface area contributed by atoms with E-state index in [9.17, 15) is 13.6 Å².